The van der Waals surface area contributed by atoms with Crippen molar-refractivity contribution >= 4 is 5.97 Å². The van der Waals surface area contributed by atoms with Crippen molar-refractivity contribution in [3.05, 3.63) is 23.8 Å². The molecule has 0 aromatic heterocycles. The first-order valence-corrected chi connectivity index (χ1v) is 9.80. The fourth-order valence-corrected chi connectivity index (χ4v) is 3.03. The average Bonchev–Trinajstić information content (AvgIpc) is 2.85. The first kappa shape index (κ1) is 20.0. The monoisotopic (exact) mass is 320 g/mol. The van der Waals surface area contributed by atoms with Gasteiger partial charge in [-0.05, 0) is 45.1 Å². The van der Waals surface area contributed by atoms with Crippen molar-refractivity contribution in [1.82, 2.24) is 0 Å². The summed E-state index contributed by atoms with van der Waals surface area (Å²) >= 11 is 0. The molecule has 0 aromatic carbocycles. The van der Waals surface area contributed by atoms with E-state index in [2.05, 4.69) is 19.1 Å². The molecular weight excluding hydrogens is 284 g/mol. The SMILES string of the molecule is CCCCCCCCCCC/C=C\CCCC1=C[C@@H](C)OC1=O. The number of carbonyl (C=O) groups excluding carboxylic acids is 1. The topological polar surface area (TPSA) is 26.3 Å². The predicted molar refractivity (Wildman–Crippen MR) is 98.5 cm³/mol. The molecule has 1 aliphatic heterocycles. The van der Waals surface area contributed by atoms with Gasteiger partial charge in [0.05, 0.1) is 0 Å². The Morgan fingerprint density at radius 3 is 2.04 bits per heavy atom. The lowest BCUT2D eigenvalue weighted by Crippen LogP contribution is -2.03. The van der Waals surface area contributed by atoms with Crippen LogP contribution in [-0.2, 0) is 9.53 Å². The standard InChI is InChI=1S/C21H36O2/c1-3-4-5-6-7-8-9-10-11-12-13-14-15-16-17-20-18-19(2)23-21(20)22/h13-14,18-19H,3-12,15-17H2,1-2H3/b14-13-/t19-/m1/s1. The molecule has 2 nitrogen and oxygen atoms in total. The minimum Gasteiger partial charge on any atom is -0.455 e. The first-order valence-electron chi connectivity index (χ1n) is 9.80. The average molecular weight is 321 g/mol. The van der Waals surface area contributed by atoms with Crippen LogP contribution in [0, 0.1) is 0 Å². The molecule has 1 heterocycles. The van der Waals surface area contributed by atoms with Crippen LogP contribution in [0.25, 0.3) is 0 Å². The second-order valence-electron chi connectivity index (χ2n) is 6.78. The van der Waals surface area contributed by atoms with Gasteiger partial charge in [-0.3, -0.25) is 0 Å². The van der Waals surface area contributed by atoms with Crippen LogP contribution in [0.1, 0.15) is 97.3 Å². The third kappa shape index (κ3) is 10.4. The molecule has 1 atom stereocenters. The molecular formula is C21H36O2. The fourth-order valence-electron chi connectivity index (χ4n) is 3.03. The van der Waals surface area contributed by atoms with Crippen LogP contribution in [0.2, 0.25) is 0 Å². The van der Waals surface area contributed by atoms with Gasteiger partial charge in [-0.1, -0.05) is 70.4 Å². The van der Waals surface area contributed by atoms with E-state index in [4.69, 9.17) is 4.74 Å². The number of cyclic esters (lactones) is 1. The Hall–Kier alpha value is -1.05. The van der Waals surface area contributed by atoms with Crippen LogP contribution in [-0.4, -0.2) is 12.1 Å². The molecule has 2 heteroatoms. The third-order valence-corrected chi connectivity index (χ3v) is 4.45. The van der Waals surface area contributed by atoms with Crippen LogP contribution in [0.3, 0.4) is 0 Å². The summed E-state index contributed by atoms with van der Waals surface area (Å²) in [5, 5.41) is 0. The van der Waals surface area contributed by atoms with Gasteiger partial charge < -0.3 is 4.74 Å². The Balaban J connectivity index is 1.84. The Morgan fingerprint density at radius 1 is 0.913 bits per heavy atom. The van der Waals surface area contributed by atoms with Crippen molar-refractivity contribution in [3.63, 3.8) is 0 Å². The number of ether oxygens (including phenoxy) is 1. The van der Waals surface area contributed by atoms with Crippen molar-refractivity contribution in [2.24, 2.45) is 0 Å². The molecule has 0 radical (unpaired) electrons. The largest absolute Gasteiger partial charge is 0.455 e. The summed E-state index contributed by atoms with van der Waals surface area (Å²) in [4.78, 5) is 11.4. The number of carbonyl (C=O) groups is 1. The van der Waals surface area contributed by atoms with Gasteiger partial charge in [-0.25, -0.2) is 4.79 Å². The lowest BCUT2D eigenvalue weighted by Gasteiger charge is -2.00. The zero-order valence-electron chi connectivity index (χ0n) is 15.3. The normalized spacial score (nSPS) is 17.7. The summed E-state index contributed by atoms with van der Waals surface area (Å²) in [5.74, 6) is -0.115. The summed E-state index contributed by atoms with van der Waals surface area (Å²) in [6, 6.07) is 0. The van der Waals surface area contributed by atoms with Gasteiger partial charge in [0.2, 0.25) is 0 Å². The first-order chi connectivity index (χ1) is 11.2. The van der Waals surface area contributed by atoms with E-state index in [1.165, 1.54) is 64.2 Å². The van der Waals surface area contributed by atoms with Crippen LogP contribution in [0.5, 0.6) is 0 Å². The highest BCUT2D eigenvalue weighted by atomic mass is 16.5. The Morgan fingerprint density at radius 2 is 1.48 bits per heavy atom. The number of hydrogen-bond acceptors (Lipinski definition) is 2. The summed E-state index contributed by atoms with van der Waals surface area (Å²) in [6.07, 6.45) is 23.2. The van der Waals surface area contributed by atoms with E-state index in [-0.39, 0.29) is 12.1 Å². The van der Waals surface area contributed by atoms with Crippen LogP contribution < -0.4 is 0 Å². The van der Waals surface area contributed by atoms with Gasteiger partial charge in [-0.2, -0.15) is 0 Å². The van der Waals surface area contributed by atoms with E-state index < -0.39 is 0 Å². The molecule has 0 saturated carbocycles. The van der Waals surface area contributed by atoms with E-state index in [0.717, 1.165) is 24.8 Å². The maximum atomic E-state index is 11.4. The number of hydrogen-bond donors (Lipinski definition) is 0. The molecule has 1 rings (SSSR count). The molecule has 0 fully saturated rings. The lowest BCUT2D eigenvalue weighted by molar-refractivity contribution is -0.139. The van der Waals surface area contributed by atoms with Crippen molar-refractivity contribution in [2.75, 3.05) is 0 Å². The van der Waals surface area contributed by atoms with Gasteiger partial charge in [-0.15, -0.1) is 0 Å². The van der Waals surface area contributed by atoms with E-state index in [1.54, 1.807) is 0 Å². The van der Waals surface area contributed by atoms with Crippen molar-refractivity contribution < 1.29 is 9.53 Å². The smallest absolute Gasteiger partial charge is 0.334 e. The molecule has 0 aliphatic carbocycles. The van der Waals surface area contributed by atoms with Crippen molar-refractivity contribution in [1.29, 1.82) is 0 Å². The maximum Gasteiger partial charge on any atom is 0.334 e. The van der Waals surface area contributed by atoms with Crippen LogP contribution in [0.15, 0.2) is 23.8 Å². The van der Waals surface area contributed by atoms with Gasteiger partial charge >= 0.3 is 5.97 Å². The fraction of sp³-hybridized carbons (Fsp3) is 0.762. The molecule has 0 amide bonds. The molecule has 0 bridgehead atoms. The van der Waals surface area contributed by atoms with E-state index in [1.807, 2.05) is 13.0 Å². The van der Waals surface area contributed by atoms with Gasteiger partial charge in [0.1, 0.15) is 6.10 Å². The minimum absolute atomic E-state index is 0.0281. The quantitative estimate of drug-likeness (QED) is 0.207. The second kappa shape index (κ2) is 13.4. The highest BCUT2D eigenvalue weighted by Crippen LogP contribution is 2.18. The Kier molecular flexibility index (Phi) is 11.6. The highest BCUT2D eigenvalue weighted by molar-refractivity contribution is 5.90. The molecule has 0 unspecified atom stereocenters. The van der Waals surface area contributed by atoms with Gasteiger partial charge in [0.25, 0.3) is 0 Å². The third-order valence-electron chi connectivity index (χ3n) is 4.45. The predicted octanol–water partition coefficient (Wildman–Crippen LogP) is 6.51. The molecule has 0 saturated heterocycles. The summed E-state index contributed by atoms with van der Waals surface area (Å²) < 4.78 is 5.09. The Labute approximate surface area is 143 Å². The minimum atomic E-state index is -0.115. The molecule has 23 heavy (non-hydrogen) atoms. The van der Waals surface area contributed by atoms with Crippen LogP contribution in [0.4, 0.5) is 0 Å². The summed E-state index contributed by atoms with van der Waals surface area (Å²) in [5.41, 5.74) is 0.866. The van der Waals surface area contributed by atoms with Crippen molar-refractivity contribution in [3.8, 4) is 0 Å². The summed E-state index contributed by atoms with van der Waals surface area (Å²) in [7, 11) is 0. The Bertz CT molecular complexity index is 368. The molecule has 0 spiro atoms. The zero-order valence-corrected chi connectivity index (χ0v) is 15.3. The number of esters is 1. The van der Waals surface area contributed by atoms with E-state index in [9.17, 15) is 4.79 Å². The van der Waals surface area contributed by atoms with Gasteiger partial charge in [0, 0.05) is 5.57 Å². The van der Waals surface area contributed by atoms with Gasteiger partial charge in [0.15, 0.2) is 0 Å². The van der Waals surface area contributed by atoms with Crippen molar-refractivity contribution in [2.45, 2.75) is 103 Å². The molecule has 132 valence electrons. The number of allylic oxidation sites excluding steroid dienone is 2. The zero-order chi connectivity index (χ0) is 16.8. The maximum absolute atomic E-state index is 11.4. The van der Waals surface area contributed by atoms with E-state index >= 15 is 0 Å². The molecule has 0 aromatic rings. The summed E-state index contributed by atoms with van der Waals surface area (Å²) in [6.45, 7) is 4.18. The van der Waals surface area contributed by atoms with E-state index in [0.29, 0.717) is 0 Å². The van der Waals surface area contributed by atoms with Crippen LogP contribution >= 0.6 is 0 Å². The number of rotatable bonds is 14. The number of unbranched alkanes of at least 4 members (excludes halogenated alkanes) is 10. The molecule has 1 aliphatic rings. The second-order valence-corrected chi connectivity index (χ2v) is 6.78. The highest BCUT2D eigenvalue weighted by Gasteiger charge is 2.20. The lowest BCUT2D eigenvalue weighted by atomic mass is 10.1. The molecule has 0 N–H and O–H groups in total.